The molecule has 1 rings (SSSR count). The van der Waals surface area contributed by atoms with Crippen molar-refractivity contribution in [3.05, 3.63) is 0 Å². The van der Waals surface area contributed by atoms with Crippen molar-refractivity contribution in [2.75, 3.05) is 41.2 Å². The van der Waals surface area contributed by atoms with Crippen molar-refractivity contribution in [1.29, 1.82) is 0 Å². The van der Waals surface area contributed by atoms with E-state index in [1.54, 1.807) is 21.3 Å². The summed E-state index contributed by atoms with van der Waals surface area (Å²) in [5, 5.41) is 0. The molecule has 0 aliphatic carbocycles. The summed E-state index contributed by atoms with van der Waals surface area (Å²) in [6.45, 7) is 4.52. The Morgan fingerprint density at radius 2 is 1.79 bits per heavy atom. The molecular weight excluding hydrogens is 264 g/mol. The average Bonchev–Trinajstić information content (AvgIpc) is 3.25. The Balaban J connectivity index is 2.31. The third-order valence-corrected chi connectivity index (χ3v) is 6.82. The smallest absolute Gasteiger partial charge is 0.379 e. The van der Waals surface area contributed by atoms with E-state index in [2.05, 4.69) is 6.92 Å². The zero-order valence-electron chi connectivity index (χ0n) is 12.6. The number of hydrogen-bond acceptors (Lipinski definition) is 5. The van der Waals surface area contributed by atoms with Crippen molar-refractivity contribution in [2.45, 2.75) is 44.3 Å². The van der Waals surface area contributed by atoms with Crippen molar-refractivity contribution in [3.63, 3.8) is 0 Å². The van der Waals surface area contributed by atoms with Crippen molar-refractivity contribution < 1.29 is 22.8 Å². The van der Waals surface area contributed by atoms with Crippen molar-refractivity contribution in [2.24, 2.45) is 0 Å². The third-order valence-electron chi connectivity index (χ3n) is 3.54. The molecule has 2 unspecified atom stereocenters. The van der Waals surface area contributed by atoms with E-state index in [0.717, 1.165) is 45.5 Å². The molecule has 0 aromatic rings. The van der Waals surface area contributed by atoms with Gasteiger partial charge in [0, 0.05) is 33.5 Å². The van der Waals surface area contributed by atoms with Gasteiger partial charge in [-0.05, 0) is 19.3 Å². The standard InChI is InChI=1S/C13H28O5Si/c1-5-7-13(19(14-2,15-3)16-4)8-6-9-17-10-12-11-18-12/h12-13H,5-11H2,1-4H3. The zero-order valence-corrected chi connectivity index (χ0v) is 13.6. The Bertz CT molecular complexity index is 223. The molecule has 1 heterocycles. The molecule has 114 valence electrons. The van der Waals surface area contributed by atoms with Crippen LogP contribution in [0.1, 0.15) is 32.6 Å². The zero-order chi connectivity index (χ0) is 14.1. The first kappa shape index (κ1) is 17.1. The molecule has 0 aromatic carbocycles. The van der Waals surface area contributed by atoms with Gasteiger partial charge in [0.1, 0.15) is 6.10 Å². The highest BCUT2D eigenvalue weighted by Gasteiger charge is 2.46. The Hall–Kier alpha value is 0.0169. The lowest BCUT2D eigenvalue weighted by atomic mass is 10.1. The highest BCUT2D eigenvalue weighted by atomic mass is 28.4. The molecule has 0 spiro atoms. The Kier molecular flexibility index (Phi) is 8.13. The first-order valence-corrected chi connectivity index (χ1v) is 8.87. The Labute approximate surface area is 117 Å². The second-order valence-corrected chi connectivity index (χ2v) is 8.12. The molecule has 6 heteroatoms. The quantitative estimate of drug-likeness (QED) is 0.314. The van der Waals surface area contributed by atoms with Crippen molar-refractivity contribution in [1.82, 2.24) is 0 Å². The van der Waals surface area contributed by atoms with E-state index < -0.39 is 8.80 Å². The molecule has 19 heavy (non-hydrogen) atoms. The van der Waals surface area contributed by atoms with Crippen LogP contribution in [0.5, 0.6) is 0 Å². The largest absolute Gasteiger partial charge is 0.503 e. The van der Waals surface area contributed by atoms with Crippen molar-refractivity contribution in [3.8, 4) is 0 Å². The molecule has 2 atom stereocenters. The van der Waals surface area contributed by atoms with Gasteiger partial charge in [-0.1, -0.05) is 13.3 Å². The fourth-order valence-electron chi connectivity index (χ4n) is 2.41. The predicted octanol–water partition coefficient (Wildman–Crippen LogP) is 2.23. The molecule has 0 N–H and O–H groups in total. The molecule has 1 saturated heterocycles. The number of rotatable bonds is 12. The van der Waals surface area contributed by atoms with Crippen LogP contribution in [0.2, 0.25) is 5.54 Å². The minimum absolute atomic E-state index is 0.344. The summed E-state index contributed by atoms with van der Waals surface area (Å²) >= 11 is 0. The third kappa shape index (κ3) is 5.49. The van der Waals surface area contributed by atoms with Crippen LogP contribution in [0.4, 0.5) is 0 Å². The van der Waals surface area contributed by atoms with Crippen LogP contribution >= 0.6 is 0 Å². The SMILES string of the molecule is CCCC(CCCOCC1CO1)[Si](OC)(OC)OC. The van der Waals surface area contributed by atoms with E-state index in [0.29, 0.717) is 11.6 Å². The molecule has 0 bridgehead atoms. The van der Waals surface area contributed by atoms with Gasteiger partial charge in [0.25, 0.3) is 0 Å². The summed E-state index contributed by atoms with van der Waals surface area (Å²) in [7, 11) is 2.53. The maximum Gasteiger partial charge on any atom is 0.503 e. The summed E-state index contributed by atoms with van der Waals surface area (Å²) in [5.74, 6) is 0. The first-order chi connectivity index (χ1) is 9.22. The highest BCUT2D eigenvalue weighted by molar-refractivity contribution is 6.62. The normalized spacial score (nSPS) is 20.5. The summed E-state index contributed by atoms with van der Waals surface area (Å²) in [5.41, 5.74) is 0.346. The minimum atomic E-state index is -2.52. The summed E-state index contributed by atoms with van der Waals surface area (Å²) in [6.07, 6.45) is 4.53. The van der Waals surface area contributed by atoms with Crippen LogP contribution < -0.4 is 0 Å². The molecular formula is C13H28O5Si. The van der Waals surface area contributed by atoms with Crippen molar-refractivity contribution >= 4 is 8.80 Å². The number of ether oxygens (including phenoxy) is 2. The average molecular weight is 292 g/mol. The van der Waals surface area contributed by atoms with E-state index in [9.17, 15) is 0 Å². The molecule has 1 aliphatic rings. The van der Waals surface area contributed by atoms with E-state index in [4.69, 9.17) is 22.8 Å². The minimum Gasteiger partial charge on any atom is -0.379 e. The second kappa shape index (κ2) is 9.04. The maximum atomic E-state index is 5.59. The van der Waals surface area contributed by atoms with E-state index in [1.165, 1.54) is 0 Å². The summed E-state index contributed by atoms with van der Waals surface area (Å²) in [6, 6.07) is 0. The second-order valence-electron chi connectivity index (χ2n) is 4.87. The van der Waals surface area contributed by atoms with Gasteiger partial charge in [0.15, 0.2) is 0 Å². The summed E-state index contributed by atoms with van der Waals surface area (Å²) < 4.78 is 27.4. The molecule has 5 nitrogen and oxygen atoms in total. The summed E-state index contributed by atoms with van der Waals surface area (Å²) in [4.78, 5) is 0. The molecule has 0 saturated carbocycles. The van der Waals surface area contributed by atoms with E-state index in [-0.39, 0.29) is 0 Å². The van der Waals surface area contributed by atoms with Gasteiger partial charge >= 0.3 is 8.80 Å². The Morgan fingerprint density at radius 1 is 1.16 bits per heavy atom. The van der Waals surface area contributed by atoms with Gasteiger partial charge in [-0.15, -0.1) is 0 Å². The van der Waals surface area contributed by atoms with E-state index >= 15 is 0 Å². The van der Waals surface area contributed by atoms with Gasteiger partial charge < -0.3 is 22.8 Å². The van der Waals surface area contributed by atoms with Crippen LogP contribution in [-0.2, 0) is 22.8 Å². The van der Waals surface area contributed by atoms with Crippen LogP contribution in [-0.4, -0.2) is 56.1 Å². The van der Waals surface area contributed by atoms with Gasteiger partial charge in [0.05, 0.1) is 13.2 Å². The van der Waals surface area contributed by atoms with E-state index in [1.807, 2.05) is 0 Å². The lowest BCUT2D eigenvalue weighted by Gasteiger charge is -2.32. The maximum absolute atomic E-state index is 5.59. The molecule has 0 aromatic heterocycles. The topological polar surface area (TPSA) is 49.5 Å². The lowest BCUT2D eigenvalue weighted by Crippen LogP contribution is -2.47. The monoisotopic (exact) mass is 292 g/mol. The number of epoxide rings is 1. The van der Waals surface area contributed by atoms with Crippen LogP contribution in [0.25, 0.3) is 0 Å². The van der Waals surface area contributed by atoms with Crippen LogP contribution in [0.3, 0.4) is 0 Å². The fourth-order valence-corrected chi connectivity index (χ4v) is 5.11. The molecule has 1 aliphatic heterocycles. The van der Waals surface area contributed by atoms with Gasteiger partial charge in [-0.3, -0.25) is 0 Å². The molecule has 0 radical (unpaired) electrons. The van der Waals surface area contributed by atoms with Gasteiger partial charge in [0.2, 0.25) is 0 Å². The predicted molar refractivity (Wildman–Crippen MR) is 75.2 cm³/mol. The Morgan fingerprint density at radius 3 is 2.26 bits per heavy atom. The molecule has 1 fully saturated rings. The van der Waals surface area contributed by atoms with Gasteiger partial charge in [-0.25, -0.2) is 0 Å². The first-order valence-electron chi connectivity index (χ1n) is 7.07. The number of hydrogen-bond donors (Lipinski definition) is 0. The molecule has 0 amide bonds. The highest BCUT2D eigenvalue weighted by Crippen LogP contribution is 2.33. The van der Waals surface area contributed by atoms with Crippen LogP contribution in [0, 0.1) is 0 Å². The van der Waals surface area contributed by atoms with Gasteiger partial charge in [-0.2, -0.15) is 0 Å². The lowest BCUT2D eigenvalue weighted by molar-refractivity contribution is 0.0961. The fraction of sp³-hybridized carbons (Fsp3) is 1.00. The van der Waals surface area contributed by atoms with Crippen LogP contribution in [0.15, 0.2) is 0 Å².